The first-order chi connectivity index (χ1) is 8.24. The van der Waals surface area contributed by atoms with Gasteiger partial charge in [0.25, 0.3) is 0 Å². The summed E-state index contributed by atoms with van der Waals surface area (Å²) < 4.78 is 1.86. The van der Waals surface area contributed by atoms with Crippen LogP contribution in [0.15, 0.2) is 42.6 Å². The molecule has 4 N–H and O–H groups in total. The van der Waals surface area contributed by atoms with Crippen LogP contribution in [0.5, 0.6) is 0 Å². The van der Waals surface area contributed by atoms with Crippen LogP contribution >= 0.6 is 0 Å². The highest BCUT2D eigenvalue weighted by molar-refractivity contribution is 5.63. The van der Waals surface area contributed by atoms with Crippen molar-refractivity contribution in [3.8, 4) is 11.4 Å². The molecule has 3 rings (SSSR count). The average molecular weight is 225 g/mol. The van der Waals surface area contributed by atoms with Crippen LogP contribution in [-0.4, -0.2) is 14.6 Å². The van der Waals surface area contributed by atoms with Crippen LogP contribution in [0.2, 0.25) is 0 Å². The summed E-state index contributed by atoms with van der Waals surface area (Å²) in [6.07, 6.45) is 1.81. The van der Waals surface area contributed by atoms with Crippen LogP contribution in [0.4, 0.5) is 11.4 Å². The number of pyridine rings is 1. The van der Waals surface area contributed by atoms with Crippen molar-refractivity contribution in [1.29, 1.82) is 0 Å². The largest absolute Gasteiger partial charge is 0.399 e. The van der Waals surface area contributed by atoms with Gasteiger partial charge in [-0.05, 0) is 36.4 Å². The fraction of sp³-hybridized carbons (Fsp3) is 0. The summed E-state index contributed by atoms with van der Waals surface area (Å²) in [6.45, 7) is 0. The highest BCUT2D eigenvalue weighted by atomic mass is 15.2. The predicted octanol–water partition coefficient (Wildman–Crippen LogP) is 1.56. The zero-order chi connectivity index (χ0) is 11.8. The first-order valence-corrected chi connectivity index (χ1v) is 5.20. The molecule has 5 nitrogen and oxygen atoms in total. The fourth-order valence-corrected chi connectivity index (χ4v) is 1.74. The van der Waals surface area contributed by atoms with Crippen molar-refractivity contribution in [3.63, 3.8) is 0 Å². The molecule has 0 fully saturated rings. The molecule has 17 heavy (non-hydrogen) atoms. The van der Waals surface area contributed by atoms with Crippen LogP contribution in [0.1, 0.15) is 0 Å². The van der Waals surface area contributed by atoms with Gasteiger partial charge in [-0.15, -0.1) is 10.2 Å². The van der Waals surface area contributed by atoms with Crippen LogP contribution in [0.25, 0.3) is 17.0 Å². The van der Waals surface area contributed by atoms with Gasteiger partial charge < -0.3 is 11.5 Å². The minimum Gasteiger partial charge on any atom is -0.399 e. The monoisotopic (exact) mass is 225 g/mol. The summed E-state index contributed by atoms with van der Waals surface area (Å²) >= 11 is 0. The van der Waals surface area contributed by atoms with E-state index in [0.717, 1.165) is 22.7 Å². The Morgan fingerprint density at radius 1 is 0.824 bits per heavy atom. The first-order valence-electron chi connectivity index (χ1n) is 5.20. The molecule has 0 unspecified atom stereocenters. The Morgan fingerprint density at radius 3 is 2.29 bits per heavy atom. The number of nitrogens with zero attached hydrogens (tertiary/aromatic N) is 3. The van der Waals surface area contributed by atoms with Gasteiger partial charge in [-0.1, -0.05) is 0 Å². The van der Waals surface area contributed by atoms with E-state index in [1.165, 1.54) is 0 Å². The molecular weight excluding hydrogens is 214 g/mol. The molecule has 5 heteroatoms. The Kier molecular flexibility index (Phi) is 1.98. The molecule has 3 aromatic rings. The van der Waals surface area contributed by atoms with E-state index in [2.05, 4.69) is 10.2 Å². The zero-order valence-electron chi connectivity index (χ0n) is 9.04. The lowest BCUT2D eigenvalue weighted by atomic mass is 10.2. The van der Waals surface area contributed by atoms with Gasteiger partial charge in [0.15, 0.2) is 11.5 Å². The Labute approximate surface area is 97.7 Å². The third-order valence-corrected chi connectivity index (χ3v) is 2.59. The highest BCUT2D eigenvalue weighted by Gasteiger charge is 2.07. The summed E-state index contributed by atoms with van der Waals surface area (Å²) in [5.41, 5.74) is 14.5. The Morgan fingerprint density at radius 2 is 1.53 bits per heavy atom. The molecule has 0 spiro atoms. The van der Waals surface area contributed by atoms with Crippen LogP contribution in [0, 0.1) is 0 Å². The van der Waals surface area contributed by atoms with Crippen LogP contribution < -0.4 is 11.5 Å². The molecule has 0 saturated carbocycles. The summed E-state index contributed by atoms with van der Waals surface area (Å²) in [6, 6.07) is 11.1. The smallest absolute Gasteiger partial charge is 0.168 e. The fourth-order valence-electron chi connectivity index (χ4n) is 1.74. The number of fused-ring (bicyclic) bond motifs is 1. The number of rotatable bonds is 1. The maximum absolute atomic E-state index is 5.76. The first kappa shape index (κ1) is 9.65. The third-order valence-electron chi connectivity index (χ3n) is 2.59. The van der Waals surface area contributed by atoms with Gasteiger partial charge >= 0.3 is 0 Å². The van der Waals surface area contributed by atoms with Crippen molar-refractivity contribution in [1.82, 2.24) is 14.6 Å². The number of hydrogen-bond donors (Lipinski definition) is 2. The molecule has 0 saturated heterocycles. The average Bonchev–Trinajstić information content (AvgIpc) is 2.73. The number of nitrogen functional groups attached to an aromatic ring is 2. The third kappa shape index (κ3) is 1.57. The van der Waals surface area contributed by atoms with Gasteiger partial charge in [0.2, 0.25) is 0 Å². The molecular formula is C12H11N5. The lowest BCUT2D eigenvalue weighted by Crippen LogP contribution is -1.93. The molecule has 1 aromatic carbocycles. The summed E-state index contributed by atoms with van der Waals surface area (Å²) in [7, 11) is 0. The second-order valence-corrected chi connectivity index (χ2v) is 3.84. The van der Waals surface area contributed by atoms with Crippen molar-refractivity contribution in [2.45, 2.75) is 0 Å². The van der Waals surface area contributed by atoms with Crippen molar-refractivity contribution in [3.05, 3.63) is 42.6 Å². The lowest BCUT2D eigenvalue weighted by Gasteiger charge is -2.01. The maximum Gasteiger partial charge on any atom is 0.168 e. The predicted molar refractivity (Wildman–Crippen MR) is 67.2 cm³/mol. The minimum atomic E-state index is 0.675. The summed E-state index contributed by atoms with van der Waals surface area (Å²) in [4.78, 5) is 0. The Balaban J connectivity index is 2.23. The molecule has 2 aromatic heterocycles. The zero-order valence-corrected chi connectivity index (χ0v) is 9.04. The molecule has 0 aliphatic heterocycles. The normalized spacial score (nSPS) is 10.8. The van der Waals surface area contributed by atoms with E-state index < -0.39 is 0 Å². The lowest BCUT2D eigenvalue weighted by molar-refractivity contribution is 1.11. The van der Waals surface area contributed by atoms with Crippen molar-refractivity contribution in [2.24, 2.45) is 0 Å². The summed E-state index contributed by atoms with van der Waals surface area (Å²) in [5.74, 6) is 0.757. The Hall–Kier alpha value is -2.56. The van der Waals surface area contributed by atoms with Crippen molar-refractivity contribution >= 4 is 17.0 Å². The quantitative estimate of drug-likeness (QED) is 0.616. The molecule has 2 heterocycles. The van der Waals surface area contributed by atoms with E-state index in [4.69, 9.17) is 11.5 Å². The van der Waals surface area contributed by atoms with Gasteiger partial charge in [-0.3, -0.25) is 4.40 Å². The topological polar surface area (TPSA) is 82.2 Å². The molecule has 0 aliphatic carbocycles. The van der Waals surface area contributed by atoms with Gasteiger partial charge in [-0.2, -0.15) is 0 Å². The molecule has 0 atom stereocenters. The van der Waals surface area contributed by atoms with E-state index in [0.29, 0.717) is 5.69 Å². The van der Waals surface area contributed by atoms with E-state index >= 15 is 0 Å². The molecule has 0 radical (unpaired) electrons. The van der Waals surface area contributed by atoms with Gasteiger partial charge in [0.05, 0.1) is 0 Å². The van der Waals surface area contributed by atoms with E-state index in [1.807, 2.05) is 34.7 Å². The second kappa shape index (κ2) is 3.48. The van der Waals surface area contributed by atoms with Crippen LogP contribution in [0.3, 0.4) is 0 Å². The maximum atomic E-state index is 5.76. The van der Waals surface area contributed by atoms with Gasteiger partial charge in [0, 0.05) is 23.1 Å². The number of hydrogen-bond acceptors (Lipinski definition) is 4. The number of aromatic nitrogens is 3. The minimum absolute atomic E-state index is 0.675. The molecule has 0 amide bonds. The number of anilines is 2. The molecule has 0 bridgehead atoms. The van der Waals surface area contributed by atoms with E-state index in [1.54, 1.807) is 12.3 Å². The SMILES string of the molecule is Nc1ccc(-c2nnc3ccc(N)cn23)cc1. The number of nitrogens with two attached hydrogens (primary N) is 2. The van der Waals surface area contributed by atoms with Crippen LogP contribution in [-0.2, 0) is 0 Å². The number of benzene rings is 1. The van der Waals surface area contributed by atoms with Crippen molar-refractivity contribution < 1.29 is 0 Å². The van der Waals surface area contributed by atoms with E-state index in [-0.39, 0.29) is 0 Å². The standard InChI is InChI=1S/C12H11N5/c13-9-3-1-8(2-4-9)12-16-15-11-6-5-10(14)7-17(11)12/h1-7H,13-14H2. The van der Waals surface area contributed by atoms with E-state index in [9.17, 15) is 0 Å². The van der Waals surface area contributed by atoms with Gasteiger partial charge in [0.1, 0.15) is 0 Å². The molecule has 0 aliphatic rings. The highest BCUT2D eigenvalue weighted by Crippen LogP contribution is 2.20. The Bertz CT molecular complexity index is 669. The molecule has 84 valence electrons. The second-order valence-electron chi connectivity index (χ2n) is 3.84. The van der Waals surface area contributed by atoms with Gasteiger partial charge in [-0.25, -0.2) is 0 Å². The summed E-state index contributed by atoms with van der Waals surface area (Å²) in [5, 5.41) is 8.24. The van der Waals surface area contributed by atoms with Crippen molar-refractivity contribution in [2.75, 3.05) is 11.5 Å².